The summed E-state index contributed by atoms with van der Waals surface area (Å²) in [5, 5.41) is 12.4. The zero-order valence-electron chi connectivity index (χ0n) is 15.6. The Hall–Kier alpha value is -2.48. The predicted molar refractivity (Wildman–Crippen MR) is 104 cm³/mol. The number of nitrogens with zero attached hydrogens (tertiary/aromatic N) is 3. The molecule has 138 valence electrons. The summed E-state index contributed by atoms with van der Waals surface area (Å²) in [6.07, 6.45) is 7.37. The van der Waals surface area contributed by atoms with Crippen LogP contribution >= 0.6 is 0 Å². The summed E-state index contributed by atoms with van der Waals surface area (Å²) in [6, 6.07) is 10.8. The van der Waals surface area contributed by atoms with E-state index in [1.807, 2.05) is 0 Å². The predicted octanol–water partition coefficient (Wildman–Crippen LogP) is 2.97. The highest BCUT2D eigenvalue weighted by molar-refractivity contribution is 5.97. The van der Waals surface area contributed by atoms with Gasteiger partial charge in [-0.3, -0.25) is 4.79 Å². The summed E-state index contributed by atoms with van der Waals surface area (Å²) in [6.45, 7) is 5.52. The molecule has 1 amide bonds. The van der Waals surface area contributed by atoms with Gasteiger partial charge in [-0.2, -0.15) is 5.26 Å². The quantitative estimate of drug-likeness (QED) is 0.668. The smallest absolute Gasteiger partial charge is 0.263 e. The molecule has 2 aliphatic rings. The van der Waals surface area contributed by atoms with E-state index in [4.69, 9.17) is 0 Å². The molecule has 0 radical (unpaired) electrons. The lowest BCUT2D eigenvalue weighted by Crippen LogP contribution is -2.44. The third kappa shape index (κ3) is 4.78. The molecule has 1 heterocycles. The summed E-state index contributed by atoms with van der Waals surface area (Å²) in [5.41, 5.74) is 2.72. The van der Waals surface area contributed by atoms with Crippen molar-refractivity contribution in [1.82, 2.24) is 10.2 Å². The molecule has 1 aliphatic heterocycles. The molecule has 5 heteroatoms. The van der Waals surface area contributed by atoms with E-state index in [1.54, 1.807) is 6.20 Å². The first-order valence-corrected chi connectivity index (χ1v) is 9.64. The van der Waals surface area contributed by atoms with Gasteiger partial charge in [0.2, 0.25) is 0 Å². The van der Waals surface area contributed by atoms with Crippen molar-refractivity contribution >= 4 is 11.6 Å². The van der Waals surface area contributed by atoms with Gasteiger partial charge in [-0.05, 0) is 37.5 Å². The van der Waals surface area contributed by atoms with Gasteiger partial charge in [0.1, 0.15) is 11.6 Å². The minimum Gasteiger partial charge on any atom is -0.373 e. The number of amides is 1. The first-order valence-electron chi connectivity index (χ1n) is 9.64. The Morgan fingerprint density at radius 3 is 2.58 bits per heavy atom. The van der Waals surface area contributed by atoms with Crippen LogP contribution in [-0.4, -0.2) is 43.0 Å². The maximum atomic E-state index is 12.4. The second-order valence-corrected chi connectivity index (χ2v) is 7.32. The number of hydrogen-bond acceptors (Lipinski definition) is 4. The van der Waals surface area contributed by atoms with Crippen LogP contribution in [0.25, 0.3) is 0 Å². The number of nitriles is 1. The Bertz CT molecular complexity index is 692. The lowest BCUT2D eigenvalue weighted by Gasteiger charge is -2.35. The van der Waals surface area contributed by atoms with E-state index >= 15 is 0 Å². The molecule has 1 aromatic rings. The molecule has 0 aromatic heterocycles. The molecule has 26 heavy (non-hydrogen) atoms. The van der Waals surface area contributed by atoms with E-state index in [0.29, 0.717) is 0 Å². The van der Waals surface area contributed by atoms with Gasteiger partial charge in [-0.25, -0.2) is 0 Å². The number of hydrogen-bond donors (Lipinski definition) is 1. The maximum absolute atomic E-state index is 12.4. The molecule has 0 unspecified atom stereocenters. The summed E-state index contributed by atoms with van der Waals surface area (Å²) < 4.78 is 0. The molecule has 1 saturated carbocycles. The van der Waals surface area contributed by atoms with Crippen LogP contribution in [0, 0.1) is 18.3 Å². The van der Waals surface area contributed by atoms with Crippen molar-refractivity contribution < 1.29 is 4.79 Å². The fourth-order valence-corrected chi connectivity index (χ4v) is 3.76. The Morgan fingerprint density at radius 2 is 1.92 bits per heavy atom. The van der Waals surface area contributed by atoms with Crippen LogP contribution in [0.2, 0.25) is 0 Å². The molecule has 0 spiro atoms. The van der Waals surface area contributed by atoms with Crippen LogP contribution in [0.1, 0.15) is 37.7 Å². The number of rotatable bonds is 4. The summed E-state index contributed by atoms with van der Waals surface area (Å²) in [7, 11) is 0. The molecular weight excluding hydrogens is 324 g/mol. The molecule has 1 aromatic carbocycles. The summed E-state index contributed by atoms with van der Waals surface area (Å²) in [5.74, 6) is -0.222. The lowest BCUT2D eigenvalue weighted by molar-refractivity contribution is -0.118. The van der Waals surface area contributed by atoms with Crippen LogP contribution in [0.15, 0.2) is 36.0 Å². The molecule has 1 aliphatic carbocycles. The lowest BCUT2D eigenvalue weighted by atomic mass is 9.95. The molecule has 0 bridgehead atoms. The van der Waals surface area contributed by atoms with Crippen LogP contribution in [0.4, 0.5) is 5.69 Å². The highest BCUT2D eigenvalue weighted by Gasteiger charge is 2.20. The van der Waals surface area contributed by atoms with Crippen molar-refractivity contribution in [2.45, 2.75) is 45.1 Å². The van der Waals surface area contributed by atoms with Crippen LogP contribution in [0.3, 0.4) is 0 Å². The van der Waals surface area contributed by atoms with Gasteiger partial charge in [-0.1, -0.05) is 31.4 Å². The zero-order chi connectivity index (χ0) is 18.4. The molecular formula is C21H28N4O. The van der Waals surface area contributed by atoms with Gasteiger partial charge in [0.25, 0.3) is 5.91 Å². The Morgan fingerprint density at radius 1 is 1.19 bits per heavy atom. The fourth-order valence-electron chi connectivity index (χ4n) is 3.76. The van der Waals surface area contributed by atoms with Crippen molar-refractivity contribution in [1.29, 1.82) is 5.26 Å². The van der Waals surface area contributed by atoms with Gasteiger partial charge in [-0.15, -0.1) is 0 Å². The van der Waals surface area contributed by atoms with Crippen molar-refractivity contribution in [2.24, 2.45) is 0 Å². The molecule has 0 atom stereocenters. The monoisotopic (exact) mass is 352 g/mol. The molecule has 2 fully saturated rings. The van der Waals surface area contributed by atoms with Gasteiger partial charge >= 0.3 is 0 Å². The van der Waals surface area contributed by atoms with Crippen molar-refractivity contribution in [3.8, 4) is 6.07 Å². The zero-order valence-corrected chi connectivity index (χ0v) is 15.6. The number of carbonyl (C=O) groups is 1. The molecule has 1 saturated heterocycles. The van der Waals surface area contributed by atoms with E-state index < -0.39 is 0 Å². The van der Waals surface area contributed by atoms with Crippen molar-refractivity contribution in [3.05, 3.63) is 41.6 Å². The average molecular weight is 352 g/mol. The number of anilines is 1. The number of nitrogens with one attached hydrogen (secondary N) is 1. The van der Waals surface area contributed by atoms with Crippen LogP contribution < -0.4 is 10.2 Å². The molecule has 1 N–H and O–H groups in total. The second-order valence-electron chi connectivity index (χ2n) is 7.32. The summed E-state index contributed by atoms with van der Waals surface area (Å²) >= 11 is 0. The minimum absolute atomic E-state index is 0.222. The highest BCUT2D eigenvalue weighted by atomic mass is 16.1. The second kappa shape index (κ2) is 8.75. The van der Waals surface area contributed by atoms with Gasteiger partial charge in [0.15, 0.2) is 0 Å². The third-order valence-corrected chi connectivity index (χ3v) is 5.30. The topological polar surface area (TPSA) is 59.4 Å². The van der Waals surface area contributed by atoms with Crippen LogP contribution in [0.5, 0.6) is 0 Å². The Balaban J connectivity index is 1.55. The Kier molecular flexibility index (Phi) is 6.17. The first kappa shape index (κ1) is 18.3. The van der Waals surface area contributed by atoms with Crippen molar-refractivity contribution in [3.63, 3.8) is 0 Å². The molecule has 3 rings (SSSR count). The SMILES string of the molecule is Cc1cccc(N2CCN(/C=C(/C#N)C(=O)NC3CCCCC3)CC2)c1. The van der Waals surface area contributed by atoms with E-state index in [2.05, 4.69) is 52.4 Å². The summed E-state index contributed by atoms with van der Waals surface area (Å²) in [4.78, 5) is 16.8. The number of benzene rings is 1. The fraction of sp³-hybridized carbons (Fsp3) is 0.524. The van der Waals surface area contributed by atoms with Crippen LogP contribution in [-0.2, 0) is 4.79 Å². The van der Waals surface area contributed by atoms with Gasteiger partial charge < -0.3 is 15.1 Å². The average Bonchev–Trinajstić information content (AvgIpc) is 2.67. The normalized spacial score (nSPS) is 19.2. The third-order valence-electron chi connectivity index (χ3n) is 5.30. The van der Waals surface area contributed by atoms with Crippen molar-refractivity contribution in [2.75, 3.05) is 31.1 Å². The standard InChI is InChI=1S/C21H28N4O/c1-17-6-5-9-20(14-17)25-12-10-24(11-13-25)16-18(15-22)21(26)23-19-7-3-2-4-8-19/h5-6,9,14,16,19H,2-4,7-8,10-13H2,1H3,(H,23,26)/b18-16-. The van der Waals surface area contributed by atoms with E-state index in [9.17, 15) is 10.1 Å². The number of carbonyl (C=O) groups excluding carboxylic acids is 1. The number of aryl methyl sites for hydroxylation is 1. The highest BCUT2D eigenvalue weighted by Crippen LogP contribution is 2.19. The Labute approximate surface area is 156 Å². The van der Waals surface area contributed by atoms with Gasteiger partial charge in [0, 0.05) is 44.1 Å². The largest absolute Gasteiger partial charge is 0.373 e. The van der Waals surface area contributed by atoms with E-state index in [0.717, 1.165) is 51.9 Å². The maximum Gasteiger partial charge on any atom is 0.263 e. The number of piperazine rings is 1. The minimum atomic E-state index is -0.222. The van der Waals surface area contributed by atoms with E-state index in [-0.39, 0.29) is 17.5 Å². The molecule has 5 nitrogen and oxygen atoms in total. The van der Waals surface area contributed by atoms with Gasteiger partial charge in [0.05, 0.1) is 0 Å². The first-order chi connectivity index (χ1) is 12.7. The van der Waals surface area contributed by atoms with E-state index in [1.165, 1.54) is 17.7 Å².